The quantitative estimate of drug-likeness (QED) is 0.607. The van der Waals surface area contributed by atoms with E-state index < -0.39 is 4.92 Å². The number of rotatable bonds is 5. The fourth-order valence-electron chi connectivity index (χ4n) is 1.55. The molecule has 0 saturated carbocycles. The van der Waals surface area contributed by atoms with Crippen molar-refractivity contribution in [2.24, 2.45) is 5.73 Å². The number of benzene rings is 1. The van der Waals surface area contributed by atoms with E-state index in [0.29, 0.717) is 18.4 Å². The van der Waals surface area contributed by atoms with Crippen LogP contribution >= 0.6 is 0 Å². The highest BCUT2D eigenvalue weighted by atomic mass is 16.6. The molecule has 0 bridgehead atoms. The lowest BCUT2D eigenvalue weighted by Gasteiger charge is -2.03. The van der Waals surface area contributed by atoms with Gasteiger partial charge in [0.2, 0.25) is 5.91 Å². The third-order valence-electron chi connectivity index (χ3n) is 2.30. The number of nitrogens with zero attached hydrogens (tertiary/aromatic N) is 1. The molecule has 5 heteroatoms. The first-order chi connectivity index (χ1) is 7.50. The lowest BCUT2D eigenvalue weighted by Crippen LogP contribution is -2.10. The van der Waals surface area contributed by atoms with Crippen LogP contribution in [0, 0.1) is 17.0 Å². The van der Waals surface area contributed by atoms with Crippen LogP contribution < -0.4 is 5.73 Å². The number of nitro benzene ring substituents is 1. The summed E-state index contributed by atoms with van der Waals surface area (Å²) in [5.41, 5.74) is 6.75. The summed E-state index contributed by atoms with van der Waals surface area (Å²) >= 11 is 0. The number of hydrogen-bond donors (Lipinski definition) is 1. The number of carbonyl (C=O) groups excluding carboxylic acids is 1. The minimum absolute atomic E-state index is 0.107. The second kappa shape index (κ2) is 5.25. The van der Waals surface area contributed by atoms with E-state index in [2.05, 4.69) is 0 Å². The zero-order chi connectivity index (χ0) is 12.1. The SMILES string of the molecule is Cc1ccc([N+](=O)[O-])c(CCCC(N)=O)c1. The fourth-order valence-corrected chi connectivity index (χ4v) is 1.55. The largest absolute Gasteiger partial charge is 0.370 e. The molecule has 1 aromatic carbocycles. The van der Waals surface area contributed by atoms with Crippen molar-refractivity contribution in [3.63, 3.8) is 0 Å². The van der Waals surface area contributed by atoms with E-state index in [1.165, 1.54) is 6.07 Å². The Morgan fingerprint density at radius 2 is 2.19 bits per heavy atom. The average molecular weight is 222 g/mol. The van der Waals surface area contributed by atoms with Gasteiger partial charge in [0.1, 0.15) is 0 Å². The average Bonchev–Trinajstić information content (AvgIpc) is 2.16. The lowest BCUT2D eigenvalue weighted by molar-refractivity contribution is -0.385. The molecule has 1 aromatic rings. The second-order valence-corrected chi connectivity index (χ2v) is 3.71. The van der Waals surface area contributed by atoms with E-state index in [4.69, 9.17) is 5.73 Å². The number of primary amides is 1. The predicted octanol–water partition coefficient (Wildman–Crippen LogP) is 1.71. The van der Waals surface area contributed by atoms with Crippen LogP contribution in [-0.2, 0) is 11.2 Å². The van der Waals surface area contributed by atoms with E-state index in [0.717, 1.165) is 5.56 Å². The summed E-state index contributed by atoms with van der Waals surface area (Å²) in [6.07, 6.45) is 1.30. The standard InChI is InChI=1S/C11H14N2O3/c1-8-5-6-10(13(15)16)9(7-8)3-2-4-11(12)14/h5-7H,2-4H2,1H3,(H2,12,14). The molecule has 0 aliphatic rings. The highest BCUT2D eigenvalue weighted by Crippen LogP contribution is 2.21. The van der Waals surface area contributed by atoms with Gasteiger partial charge in [0.15, 0.2) is 0 Å². The third kappa shape index (κ3) is 3.34. The topological polar surface area (TPSA) is 86.2 Å². The van der Waals surface area contributed by atoms with Gasteiger partial charge in [-0.1, -0.05) is 11.6 Å². The summed E-state index contributed by atoms with van der Waals surface area (Å²) in [4.78, 5) is 20.9. The van der Waals surface area contributed by atoms with Gasteiger partial charge in [-0.2, -0.15) is 0 Å². The maximum absolute atomic E-state index is 10.7. The van der Waals surface area contributed by atoms with Crippen LogP contribution in [0.2, 0.25) is 0 Å². The van der Waals surface area contributed by atoms with Crippen LogP contribution in [0.3, 0.4) is 0 Å². The molecular formula is C11H14N2O3. The van der Waals surface area contributed by atoms with Crippen LogP contribution in [0.4, 0.5) is 5.69 Å². The summed E-state index contributed by atoms with van der Waals surface area (Å²) in [5, 5.41) is 10.7. The first-order valence-electron chi connectivity index (χ1n) is 5.03. The Kier molecular flexibility index (Phi) is 3.99. The molecule has 0 atom stereocenters. The Morgan fingerprint density at radius 1 is 1.50 bits per heavy atom. The van der Waals surface area contributed by atoms with Crippen LogP contribution in [-0.4, -0.2) is 10.8 Å². The van der Waals surface area contributed by atoms with Crippen LogP contribution in [0.1, 0.15) is 24.0 Å². The molecule has 0 spiro atoms. The number of nitro groups is 1. The van der Waals surface area contributed by atoms with Crippen LogP contribution in [0.25, 0.3) is 0 Å². The summed E-state index contributed by atoms with van der Waals surface area (Å²) in [6, 6.07) is 4.98. The van der Waals surface area contributed by atoms with Crippen molar-refractivity contribution >= 4 is 11.6 Å². The molecule has 0 aliphatic carbocycles. The monoisotopic (exact) mass is 222 g/mol. The summed E-state index contributed by atoms with van der Waals surface area (Å²) in [5.74, 6) is -0.379. The zero-order valence-electron chi connectivity index (χ0n) is 9.10. The lowest BCUT2D eigenvalue weighted by atomic mass is 10.0. The van der Waals surface area contributed by atoms with Crippen molar-refractivity contribution in [2.75, 3.05) is 0 Å². The first kappa shape index (κ1) is 12.2. The number of nitrogens with two attached hydrogens (primary N) is 1. The van der Waals surface area contributed by atoms with E-state index >= 15 is 0 Å². The van der Waals surface area contributed by atoms with Crippen molar-refractivity contribution < 1.29 is 9.72 Å². The Hall–Kier alpha value is -1.91. The first-order valence-corrected chi connectivity index (χ1v) is 5.03. The molecule has 1 amide bonds. The minimum atomic E-state index is -0.404. The molecule has 0 unspecified atom stereocenters. The molecule has 0 saturated heterocycles. The van der Waals surface area contributed by atoms with Gasteiger partial charge in [-0.25, -0.2) is 0 Å². The number of carbonyl (C=O) groups is 1. The maximum Gasteiger partial charge on any atom is 0.272 e. The molecule has 86 valence electrons. The Bertz CT molecular complexity index is 416. The van der Waals surface area contributed by atoms with E-state index in [1.807, 2.05) is 6.92 Å². The van der Waals surface area contributed by atoms with Gasteiger partial charge in [0.05, 0.1) is 4.92 Å². The molecule has 1 rings (SSSR count). The third-order valence-corrected chi connectivity index (χ3v) is 2.30. The van der Waals surface area contributed by atoms with E-state index in [9.17, 15) is 14.9 Å². The summed E-state index contributed by atoms with van der Waals surface area (Å²) in [6.45, 7) is 1.88. The van der Waals surface area contributed by atoms with Gasteiger partial charge in [-0.05, 0) is 25.8 Å². The zero-order valence-corrected chi connectivity index (χ0v) is 9.10. The normalized spacial score (nSPS) is 10.1. The van der Waals surface area contributed by atoms with Gasteiger partial charge < -0.3 is 5.73 Å². The highest BCUT2D eigenvalue weighted by molar-refractivity contribution is 5.73. The number of hydrogen-bond acceptors (Lipinski definition) is 3. The second-order valence-electron chi connectivity index (χ2n) is 3.71. The number of aryl methyl sites for hydroxylation is 2. The molecule has 0 radical (unpaired) electrons. The highest BCUT2D eigenvalue weighted by Gasteiger charge is 2.12. The van der Waals surface area contributed by atoms with E-state index in [1.54, 1.807) is 12.1 Å². The summed E-state index contributed by atoms with van der Waals surface area (Å²) in [7, 11) is 0. The molecule has 0 aliphatic heterocycles. The molecule has 0 fully saturated rings. The molecule has 16 heavy (non-hydrogen) atoms. The van der Waals surface area contributed by atoms with Crippen molar-refractivity contribution in [2.45, 2.75) is 26.2 Å². The fraction of sp³-hybridized carbons (Fsp3) is 0.364. The number of amides is 1. The van der Waals surface area contributed by atoms with Crippen molar-refractivity contribution in [1.29, 1.82) is 0 Å². The maximum atomic E-state index is 10.7. The Balaban J connectivity index is 2.80. The molecule has 0 heterocycles. The van der Waals surface area contributed by atoms with Crippen LogP contribution in [0.5, 0.6) is 0 Å². The predicted molar refractivity (Wildman–Crippen MR) is 60.0 cm³/mol. The Morgan fingerprint density at radius 3 is 2.75 bits per heavy atom. The Labute approximate surface area is 93.4 Å². The molecule has 5 nitrogen and oxygen atoms in total. The van der Waals surface area contributed by atoms with Crippen LogP contribution in [0.15, 0.2) is 18.2 Å². The van der Waals surface area contributed by atoms with Gasteiger partial charge in [-0.3, -0.25) is 14.9 Å². The molecular weight excluding hydrogens is 208 g/mol. The van der Waals surface area contributed by atoms with Crippen molar-refractivity contribution in [3.05, 3.63) is 39.4 Å². The van der Waals surface area contributed by atoms with E-state index in [-0.39, 0.29) is 18.0 Å². The summed E-state index contributed by atoms with van der Waals surface area (Å²) < 4.78 is 0. The van der Waals surface area contributed by atoms with Gasteiger partial charge in [0.25, 0.3) is 5.69 Å². The van der Waals surface area contributed by atoms with Crippen molar-refractivity contribution in [1.82, 2.24) is 0 Å². The van der Waals surface area contributed by atoms with Gasteiger partial charge >= 0.3 is 0 Å². The molecule has 2 N–H and O–H groups in total. The van der Waals surface area contributed by atoms with Crippen molar-refractivity contribution in [3.8, 4) is 0 Å². The van der Waals surface area contributed by atoms with Gasteiger partial charge in [0, 0.05) is 18.1 Å². The molecule has 0 aromatic heterocycles. The smallest absolute Gasteiger partial charge is 0.272 e. The van der Waals surface area contributed by atoms with Gasteiger partial charge in [-0.15, -0.1) is 0 Å². The minimum Gasteiger partial charge on any atom is -0.370 e.